The van der Waals surface area contributed by atoms with E-state index in [4.69, 9.17) is 10.5 Å². The molecule has 0 bridgehead atoms. The van der Waals surface area contributed by atoms with Crippen molar-refractivity contribution < 1.29 is 9.53 Å². The molecule has 0 atom stereocenters. The van der Waals surface area contributed by atoms with Crippen molar-refractivity contribution in [3.05, 3.63) is 37.0 Å². The Balaban J connectivity index is 3.31. The second kappa shape index (κ2) is 9.21. The molecule has 0 aromatic heterocycles. The van der Waals surface area contributed by atoms with E-state index in [1.807, 2.05) is 12.2 Å². The number of rotatable bonds is 9. The third kappa shape index (κ3) is 10.6. The molecule has 0 saturated heterocycles. The van der Waals surface area contributed by atoms with Crippen LogP contribution < -0.4 is 5.73 Å². The maximum absolute atomic E-state index is 10.4. The number of carbonyl (C=O) groups is 1. The van der Waals surface area contributed by atoms with Crippen LogP contribution in [0, 0.1) is 0 Å². The molecule has 0 spiro atoms. The summed E-state index contributed by atoms with van der Waals surface area (Å²) >= 11 is 0. The minimum atomic E-state index is -0.256. The van der Waals surface area contributed by atoms with Gasteiger partial charge in [-0.25, -0.2) is 0 Å². The number of amides is 1. The number of hydrogen-bond acceptors (Lipinski definition) is 2. The minimum absolute atomic E-state index is 0.256. The summed E-state index contributed by atoms with van der Waals surface area (Å²) in [5.41, 5.74) is 5.91. The van der Waals surface area contributed by atoms with Crippen molar-refractivity contribution in [1.29, 1.82) is 0 Å². The molecule has 0 aliphatic heterocycles. The molecule has 2 N–H and O–H groups in total. The molecule has 0 aliphatic carbocycles. The van der Waals surface area contributed by atoms with E-state index in [1.165, 1.54) is 0 Å². The number of primary amides is 1. The summed E-state index contributed by atoms with van der Waals surface area (Å²) in [6, 6.07) is 0. The van der Waals surface area contributed by atoms with E-state index in [2.05, 4.69) is 13.2 Å². The van der Waals surface area contributed by atoms with Crippen LogP contribution in [0.5, 0.6) is 0 Å². The van der Waals surface area contributed by atoms with Gasteiger partial charge in [0.2, 0.25) is 5.91 Å². The lowest BCUT2D eigenvalue weighted by molar-refractivity contribution is -0.118. The highest BCUT2D eigenvalue weighted by Gasteiger charge is 1.94. The molecule has 1 amide bonds. The fourth-order valence-electron chi connectivity index (χ4n) is 0.959. The zero-order valence-electron chi connectivity index (χ0n) is 9.08. The van der Waals surface area contributed by atoms with Gasteiger partial charge in [-0.2, -0.15) is 0 Å². The van der Waals surface area contributed by atoms with Crippen LogP contribution in [-0.2, 0) is 9.53 Å². The Bertz CT molecular complexity index is 244. The molecule has 0 radical (unpaired) electrons. The number of carbonyl (C=O) groups excluding carboxylic acids is 1. The van der Waals surface area contributed by atoms with Crippen LogP contribution in [0.4, 0.5) is 0 Å². The Morgan fingerprint density at radius 3 is 2.73 bits per heavy atom. The highest BCUT2D eigenvalue weighted by Crippen LogP contribution is 1.98. The molecular formula is C12H19NO2. The second-order valence-electron chi connectivity index (χ2n) is 3.23. The van der Waals surface area contributed by atoms with Gasteiger partial charge in [-0.05, 0) is 18.4 Å². The third-order valence-electron chi connectivity index (χ3n) is 1.72. The van der Waals surface area contributed by atoms with Gasteiger partial charge >= 0.3 is 0 Å². The number of ether oxygens (including phenoxy) is 1. The molecule has 0 aromatic rings. The Labute approximate surface area is 91.3 Å². The van der Waals surface area contributed by atoms with Crippen molar-refractivity contribution >= 4 is 5.91 Å². The molecule has 0 fully saturated rings. The highest BCUT2D eigenvalue weighted by molar-refractivity contribution is 5.73. The van der Waals surface area contributed by atoms with E-state index < -0.39 is 0 Å². The fraction of sp³-hybridized carbons (Fsp3) is 0.417. The topological polar surface area (TPSA) is 52.3 Å². The van der Waals surface area contributed by atoms with Crippen LogP contribution >= 0.6 is 0 Å². The molecule has 0 rings (SSSR count). The van der Waals surface area contributed by atoms with Crippen molar-refractivity contribution in [2.24, 2.45) is 5.73 Å². The molecule has 3 nitrogen and oxygen atoms in total. The van der Waals surface area contributed by atoms with Gasteiger partial charge in [-0.3, -0.25) is 4.79 Å². The predicted molar refractivity (Wildman–Crippen MR) is 62.3 cm³/mol. The lowest BCUT2D eigenvalue weighted by Gasteiger charge is -2.03. The summed E-state index contributed by atoms with van der Waals surface area (Å²) in [4.78, 5) is 10.4. The Morgan fingerprint density at radius 2 is 2.13 bits per heavy atom. The average molecular weight is 209 g/mol. The van der Waals surface area contributed by atoms with E-state index in [0.29, 0.717) is 19.6 Å². The largest absolute Gasteiger partial charge is 0.377 e. The van der Waals surface area contributed by atoms with Gasteiger partial charge in [-0.1, -0.05) is 31.4 Å². The summed E-state index contributed by atoms with van der Waals surface area (Å²) in [6.07, 6.45) is 7.43. The van der Waals surface area contributed by atoms with Crippen LogP contribution in [0.1, 0.15) is 19.3 Å². The van der Waals surface area contributed by atoms with Crippen molar-refractivity contribution in [2.45, 2.75) is 19.3 Å². The summed E-state index contributed by atoms with van der Waals surface area (Å²) < 4.78 is 5.34. The quantitative estimate of drug-likeness (QED) is 0.466. The zero-order valence-corrected chi connectivity index (χ0v) is 9.08. The Hall–Kier alpha value is -1.35. The van der Waals surface area contributed by atoms with Gasteiger partial charge in [0.25, 0.3) is 0 Å². The highest BCUT2D eigenvalue weighted by atomic mass is 16.5. The summed E-state index contributed by atoms with van der Waals surface area (Å²) in [5, 5.41) is 0. The first-order valence-electron chi connectivity index (χ1n) is 4.99. The minimum Gasteiger partial charge on any atom is -0.377 e. The number of allylic oxidation sites excluding steroid dienone is 2. The van der Waals surface area contributed by atoms with Crippen LogP contribution in [0.3, 0.4) is 0 Å². The number of nitrogens with two attached hydrogens (primary N) is 1. The lowest BCUT2D eigenvalue weighted by Crippen LogP contribution is -2.10. The van der Waals surface area contributed by atoms with E-state index in [9.17, 15) is 4.79 Å². The first-order chi connectivity index (χ1) is 7.16. The van der Waals surface area contributed by atoms with Crippen molar-refractivity contribution in [3.8, 4) is 0 Å². The lowest BCUT2D eigenvalue weighted by atomic mass is 10.2. The molecule has 0 unspecified atom stereocenters. The first kappa shape index (κ1) is 13.7. The molecule has 0 aromatic carbocycles. The fourth-order valence-corrected chi connectivity index (χ4v) is 0.959. The maximum atomic E-state index is 10.4. The normalized spacial score (nSPS) is 10.4. The van der Waals surface area contributed by atoms with Crippen molar-refractivity contribution in [1.82, 2.24) is 0 Å². The number of unbranched alkanes of at least 4 members (excludes halogenated alkanes) is 1. The van der Waals surface area contributed by atoms with E-state index in [-0.39, 0.29) is 5.91 Å². The van der Waals surface area contributed by atoms with Gasteiger partial charge < -0.3 is 10.5 Å². The molecule has 15 heavy (non-hydrogen) atoms. The Kier molecular flexibility index (Phi) is 8.39. The van der Waals surface area contributed by atoms with E-state index in [0.717, 1.165) is 18.4 Å². The standard InChI is InChI=1S/C12H19NO2/c1-3-4-7-11(2)10-15-9-6-5-8-12(13)14/h3-4,7H,1-2,5-6,8-10H2,(H2,13,14)/b7-4-. The summed E-state index contributed by atoms with van der Waals surface area (Å²) in [7, 11) is 0. The van der Waals surface area contributed by atoms with E-state index in [1.54, 1.807) is 6.08 Å². The van der Waals surface area contributed by atoms with Gasteiger partial charge in [0.15, 0.2) is 0 Å². The molecule has 0 aliphatic rings. The summed E-state index contributed by atoms with van der Waals surface area (Å²) in [6.45, 7) is 8.51. The molecule has 0 saturated carbocycles. The average Bonchev–Trinajstić information content (AvgIpc) is 2.19. The molecule has 3 heteroatoms. The van der Waals surface area contributed by atoms with Crippen LogP contribution in [-0.4, -0.2) is 19.1 Å². The van der Waals surface area contributed by atoms with Crippen LogP contribution in [0.2, 0.25) is 0 Å². The maximum Gasteiger partial charge on any atom is 0.217 e. The van der Waals surface area contributed by atoms with Crippen LogP contribution in [0.15, 0.2) is 37.0 Å². The van der Waals surface area contributed by atoms with Crippen molar-refractivity contribution in [2.75, 3.05) is 13.2 Å². The van der Waals surface area contributed by atoms with E-state index >= 15 is 0 Å². The van der Waals surface area contributed by atoms with Gasteiger partial charge in [0.1, 0.15) is 0 Å². The third-order valence-corrected chi connectivity index (χ3v) is 1.72. The predicted octanol–water partition coefficient (Wildman–Crippen LogP) is 1.96. The molecule has 84 valence electrons. The van der Waals surface area contributed by atoms with Crippen molar-refractivity contribution in [3.63, 3.8) is 0 Å². The smallest absolute Gasteiger partial charge is 0.217 e. The second-order valence-corrected chi connectivity index (χ2v) is 3.23. The first-order valence-corrected chi connectivity index (χ1v) is 4.99. The van der Waals surface area contributed by atoms with Gasteiger partial charge in [0, 0.05) is 13.0 Å². The Morgan fingerprint density at radius 1 is 1.40 bits per heavy atom. The summed E-state index contributed by atoms with van der Waals surface area (Å²) in [5.74, 6) is -0.256. The number of hydrogen-bond donors (Lipinski definition) is 1. The molecule has 0 heterocycles. The zero-order chi connectivity index (χ0) is 11.5. The SMILES string of the molecule is C=C/C=C\C(=C)COCCCCC(N)=O. The van der Waals surface area contributed by atoms with Gasteiger partial charge in [-0.15, -0.1) is 0 Å². The van der Waals surface area contributed by atoms with Crippen LogP contribution in [0.25, 0.3) is 0 Å². The van der Waals surface area contributed by atoms with Gasteiger partial charge in [0.05, 0.1) is 6.61 Å². The monoisotopic (exact) mass is 209 g/mol. The molecular weight excluding hydrogens is 190 g/mol.